The molecule has 5 nitrogen and oxygen atoms in total. The SMILES string of the molecule is Cc1cnn(CCNc2cc(C)nc(C)c2C(N)=S)c1. The summed E-state index contributed by atoms with van der Waals surface area (Å²) in [7, 11) is 0. The van der Waals surface area contributed by atoms with Crippen LogP contribution < -0.4 is 11.1 Å². The summed E-state index contributed by atoms with van der Waals surface area (Å²) in [5, 5.41) is 7.62. The summed E-state index contributed by atoms with van der Waals surface area (Å²) in [6, 6.07) is 1.97. The number of anilines is 1. The Morgan fingerprint density at radius 1 is 1.40 bits per heavy atom. The van der Waals surface area contributed by atoms with Gasteiger partial charge in [0.05, 0.1) is 18.3 Å². The zero-order chi connectivity index (χ0) is 14.7. The second-order valence-corrected chi connectivity index (χ2v) is 5.28. The molecule has 0 bridgehead atoms. The molecule has 0 radical (unpaired) electrons. The van der Waals surface area contributed by atoms with Crippen molar-refractivity contribution in [3.63, 3.8) is 0 Å². The zero-order valence-electron chi connectivity index (χ0n) is 12.0. The van der Waals surface area contributed by atoms with Crippen LogP contribution in [0.4, 0.5) is 5.69 Å². The average Bonchev–Trinajstić information content (AvgIpc) is 2.73. The topological polar surface area (TPSA) is 68.8 Å². The quantitative estimate of drug-likeness (QED) is 0.823. The van der Waals surface area contributed by atoms with Crippen LogP contribution in [0.2, 0.25) is 0 Å². The van der Waals surface area contributed by atoms with E-state index in [1.54, 1.807) is 0 Å². The average molecular weight is 289 g/mol. The molecular weight excluding hydrogens is 270 g/mol. The van der Waals surface area contributed by atoms with E-state index in [0.717, 1.165) is 41.3 Å². The number of nitrogens with one attached hydrogen (secondary N) is 1. The Balaban J connectivity index is 2.10. The maximum Gasteiger partial charge on any atom is 0.107 e. The summed E-state index contributed by atoms with van der Waals surface area (Å²) in [5.41, 5.74) is 10.5. The van der Waals surface area contributed by atoms with E-state index in [2.05, 4.69) is 15.4 Å². The van der Waals surface area contributed by atoms with Crippen LogP contribution in [-0.2, 0) is 6.54 Å². The molecular formula is C14H19N5S. The molecule has 106 valence electrons. The Hall–Kier alpha value is -1.95. The van der Waals surface area contributed by atoms with E-state index in [0.29, 0.717) is 4.99 Å². The predicted octanol–water partition coefficient (Wildman–Crippen LogP) is 1.95. The van der Waals surface area contributed by atoms with Crippen LogP contribution in [0.25, 0.3) is 0 Å². The van der Waals surface area contributed by atoms with E-state index < -0.39 is 0 Å². The highest BCUT2D eigenvalue weighted by Gasteiger charge is 2.10. The van der Waals surface area contributed by atoms with Crippen molar-refractivity contribution in [1.29, 1.82) is 0 Å². The van der Waals surface area contributed by atoms with E-state index in [-0.39, 0.29) is 0 Å². The van der Waals surface area contributed by atoms with Gasteiger partial charge >= 0.3 is 0 Å². The number of pyridine rings is 1. The van der Waals surface area contributed by atoms with Crippen LogP contribution in [0.3, 0.4) is 0 Å². The maximum absolute atomic E-state index is 5.79. The Kier molecular flexibility index (Phi) is 4.34. The van der Waals surface area contributed by atoms with E-state index >= 15 is 0 Å². The molecule has 0 spiro atoms. The molecule has 0 aromatic carbocycles. The number of thiocarbonyl (C=S) groups is 1. The lowest BCUT2D eigenvalue weighted by Gasteiger charge is -2.14. The highest BCUT2D eigenvalue weighted by atomic mass is 32.1. The first-order valence-electron chi connectivity index (χ1n) is 6.48. The van der Waals surface area contributed by atoms with Gasteiger partial charge in [-0.1, -0.05) is 12.2 Å². The van der Waals surface area contributed by atoms with Gasteiger partial charge < -0.3 is 11.1 Å². The second kappa shape index (κ2) is 6.00. The van der Waals surface area contributed by atoms with Crippen molar-refractivity contribution in [2.24, 2.45) is 5.73 Å². The van der Waals surface area contributed by atoms with Gasteiger partial charge in [-0.05, 0) is 32.4 Å². The number of nitrogens with zero attached hydrogens (tertiary/aromatic N) is 3. The molecule has 0 aliphatic heterocycles. The first kappa shape index (κ1) is 14.5. The first-order valence-corrected chi connectivity index (χ1v) is 6.89. The summed E-state index contributed by atoms with van der Waals surface area (Å²) >= 11 is 5.11. The summed E-state index contributed by atoms with van der Waals surface area (Å²) in [4.78, 5) is 4.77. The first-order chi connectivity index (χ1) is 9.47. The van der Waals surface area contributed by atoms with Gasteiger partial charge in [-0.15, -0.1) is 0 Å². The lowest BCUT2D eigenvalue weighted by atomic mass is 10.1. The predicted molar refractivity (Wildman–Crippen MR) is 85.1 cm³/mol. The summed E-state index contributed by atoms with van der Waals surface area (Å²) in [6.07, 6.45) is 3.86. The Bertz CT molecular complexity index is 632. The minimum absolute atomic E-state index is 0.368. The minimum atomic E-state index is 0.368. The number of aromatic nitrogens is 3. The molecule has 2 aromatic rings. The van der Waals surface area contributed by atoms with Crippen molar-refractivity contribution in [3.05, 3.63) is 41.0 Å². The number of hydrogen-bond acceptors (Lipinski definition) is 4. The Morgan fingerprint density at radius 2 is 2.15 bits per heavy atom. The fraction of sp³-hybridized carbons (Fsp3) is 0.357. The smallest absolute Gasteiger partial charge is 0.107 e. The molecule has 0 unspecified atom stereocenters. The fourth-order valence-electron chi connectivity index (χ4n) is 2.17. The van der Waals surface area contributed by atoms with Gasteiger partial charge in [0.2, 0.25) is 0 Å². The molecule has 20 heavy (non-hydrogen) atoms. The van der Waals surface area contributed by atoms with Crippen molar-refractivity contribution in [2.75, 3.05) is 11.9 Å². The normalized spacial score (nSPS) is 10.6. The highest BCUT2D eigenvalue weighted by Crippen LogP contribution is 2.19. The molecule has 2 heterocycles. The van der Waals surface area contributed by atoms with Crippen molar-refractivity contribution in [1.82, 2.24) is 14.8 Å². The zero-order valence-corrected chi connectivity index (χ0v) is 12.8. The van der Waals surface area contributed by atoms with Crippen molar-refractivity contribution in [3.8, 4) is 0 Å². The molecule has 0 fully saturated rings. The van der Waals surface area contributed by atoms with Crippen LogP contribution >= 0.6 is 12.2 Å². The lowest BCUT2D eigenvalue weighted by Crippen LogP contribution is -2.18. The Morgan fingerprint density at radius 3 is 2.75 bits per heavy atom. The second-order valence-electron chi connectivity index (χ2n) is 4.84. The van der Waals surface area contributed by atoms with Gasteiger partial charge in [-0.25, -0.2) is 0 Å². The third kappa shape index (κ3) is 3.33. The van der Waals surface area contributed by atoms with Gasteiger partial charge in [0.25, 0.3) is 0 Å². The van der Waals surface area contributed by atoms with E-state index in [9.17, 15) is 0 Å². The van der Waals surface area contributed by atoms with Crippen LogP contribution in [0, 0.1) is 20.8 Å². The molecule has 0 saturated carbocycles. The van der Waals surface area contributed by atoms with E-state index in [4.69, 9.17) is 18.0 Å². The van der Waals surface area contributed by atoms with E-state index in [1.807, 2.05) is 43.9 Å². The monoisotopic (exact) mass is 289 g/mol. The van der Waals surface area contributed by atoms with Crippen LogP contribution in [-0.4, -0.2) is 26.3 Å². The maximum atomic E-state index is 5.79. The molecule has 0 aliphatic carbocycles. The van der Waals surface area contributed by atoms with Crippen LogP contribution in [0.15, 0.2) is 18.5 Å². The largest absolute Gasteiger partial charge is 0.389 e. The number of nitrogens with two attached hydrogens (primary N) is 1. The molecule has 3 N–H and O–H groups in total. The lowest BCUT2D eigenvalue weighted by molar-refractivity contribution is 0.637. The van der Waals surface area contributed by atoms with Gasteiger partial charge in [-0.3, -0.25) is 9.67 Å². The number of rotatable bonds is 5. The minimum Gasteiger partial charge on any atom is -0.389 e. The van der Waals surface area contributed by atoms with Gasteiger partial charge in [0.15, 0.2) is 0 Å². The van der Waals surface area contributed by atoms with Crippen molar-refractivity contribution < 1.29 is 0 Å². The van der Waals surface area contributed by atoms with Crippen molar-refractivity contribution in [2.45, 2.75) is 27.3 Å². The van der Waals surface area contributed by atoms with Crippen LogP contribution in [0.5, 0.6) is 0 Å². The van der Waals surface area contributed by atoms with Gasteiger partial charge in [-0.2, -0.15) is 5.10 Å². The fourth-order valence-corrected chi connectivity index (χ4v) is 2.43. The standard InChI is InChI=1S/C14H19N5S/c1-9-7-17-19(8-9)5-4-16-12-6-10(2)18-11(3)13(12)14(15)20/h6-8H,4-5H2,1-3H3,(H2,15,20)(H,16,18). The molecule has 0 saturated heterocycles. The highest BCUT2D eigenvalue weighted by molar-refractivity contribution is 7.80. The third-order valence-corrected chi connectivity index (χ3v) is 3.20. The summed E-state index contributed by atoms with van der Waals surface area (Å²) < 4.78 is 1.91. The molecule has 0 atom stereocenters. The van der Waals surface area contributed by atoms with Gasteiger partial charge in [0.1, 0.15) is 4.99 Å². The molecule has 0 amide bonds. The van der Waals surface area contributed by atoms with Crippen molar-refractivity contribution >= 4 is 22.9 Å². The number of hydrogen-bond donors (Lipinski definition) is 2. The Labute approximate surface area is 124 Å². The molecule has 2 rings (SSSR count). The van der Waals surface area contributed by atoms with E-state index in [1.165, 1.54) is 0 Å². The summed E-state index contributed by atoms with van der Waals surface area (Å²) in [5.74, 6) is 0. The number of aryl methyl sites for hydroxylation is 3. The molecule has 2 aromatic heterocycles. The molecule has 6 heteroatoms. The molecule has 0 aliphatic rings. The van der Waals surface area contributed by atoms with Crippen LogP contribution in [0.1, 0.15) is 22.5 Å². The summed E-state index contributed by atoms with van der Waals surface area (Å²) in [6.45, 7) is 7.43. The van der Waals surface area contributed by atoms with Gasteiger partial charge in [0, 0.05) is 29.8 Å². The third-order valence-electron chi connectivity index (χ3n) is 2.99.